The van der Waals surface area contributed by atoms with E-state index < -0.39 is 0 Å². The van der Waals surface area contributed by atoms with Crippen LogP contribution in [0.3, 0.4) is 0 Å². The zero-order valence-electron chi connectivity index (χ0n) is 12.3. The summed E-state index contributed by atoms with van der Waals surface area (Å²) in [5.41, 5.74) is 1.19. The summed E-state index contributed by atoms with van der Waals surface area (Å²) < 4.78 is 5.62. The number of carbonyl (C=O) groups is 1. The molecule has 19 heavy (non-hydrogen) atoms. The van der Waals surface area contributed by atoms with Crippen LogP contribution in [0.15, 0.2) is 24.3 Å². The van der Waals surface area contributed by atoms with Gasteiger partial charge in [-0.15, -0.1) is 0 Å². The summed E-state index contributed by atoms with van der Waals surface area (Å²) in [5, 5.41) is 3.36. The zero-order chi connectivity index (χ0) is 14.3. The highest BCUT2D eigenvalue weighted by molar-refractivity contribution is 5.75. The average molecular weight is 264 g/mol. The molecule has 1 aromatic carbocycles. The van der Waals surface area contributed by atoms with Gasteiger partial charge in [0.15, 0.2) is 0 Å². The lowest BCUT2D eigenvalue weighted by Crippen LogP contribution is -2.23. The van der Waals surface area contributed by atoms with Crippen LogP contribution in [-0.2, 0) is 4.79 Å². The maximum Gasteiger partial charge on any atom is 0.225 e. The highest BCUT2D eigenvalue weighted by Crippen LogP contribution is 2.19. The van der Waals surface area contributed by atoms with Gasteiger partial charge in [-0.05, 0) is 31.2 Å². The zero-order valence-corrected chi connectivity index (χ0v) is 12.3. The summed E-state index contributed by atoms with van der Waals surface area (Å²) in [5.74, 6) is 0.894. The van der Waals surface area contributed by atoms with Crippen LogP contribution >= 0.6 is 0 Å². The highest BCUT2D eigenvalue weighted by atomic mass is 16.5. The van der Waals surface area contributed by atoms with Gasteiger partial charge in [0.05, 0.1) is 13.0 Å². The van der Waals surface area contributed by atoms with E-state index in [0.717, 1.165) is 12.3 Å². The van der Waals surface area contributed by atoms with E-state index in [1.165, 1.54) is 5.56 Å². The molecule has 0 aromatic heterocycles. The molecule has 4 heteroatoms. The van der Waals surface area contributed by atoms with Gasteiger partial charge in [-0.1, -0.05) is 19.1 Å². The number of amides is 1. The molecule has 0 bridgehead atoms. The lowest BCUT2D eigenvalue weighted by molar-refractivity contribution is -0.129. The number of nitrogens with one attached hydrogen (secondary N) is 1. The van der Waals surface area contributed by atoms with E-state index in [9.17, 15) is 4.79 Å². The molecular formula is C15H24N2O2. The van der Waals surface area contributed by atoms with Crippen LogP contribution in [0.1, 0.15) is 31.9 Å². The Morgan fingerprint density at radius 2 is 2.16 bits per heavy atom. The Morgan fingerprint density at radius 3 is 2.79 bits per heavy atom. The molecule has 0 spiro atoms. The molecule has 0 heterocycles. The lowest BCUT2D eigenvalue weighted by atomic mass is 10.1. The van der Waals surface area contributed by atoms with E-state index in [1.807, 2.05) is 18.2 Å². The van der Waals surface area contributed by atoms with Crippen LogP contribution < -0.4 is 10.1 Å². The third-order valence-corrected chi connectivity index (χ3v) is 2.95. The first kappa shape index (κ1) is 15.5. The molecular weight excluding hydrogens is 240 g/mol. The Balaban J connectivity index is 2.50. The summed E-state index contributed by atoms with van der Waals surface area (Å²) in [6.45, 7) is 5.56. The molecule has 1 unspecified atom stereocenters. The molecule has 0 radical (unpaired) electrons. The molecule has 106 valence electrons. The monoisotopic (exact) mass is 264 g/mol. The van der Waals surface area contributed by atoms with Crippen molar-refractivity contribution in [3.8, 4) is 5.75 Å². The quantitative estimate of drug-likeness (QED) is 0.821. The SMILES string of the molecule is CCNC(C)c1cccc(OCCC(=O)N(C)C)c1. The summed E-state index contributed by atoms with van der Waals surface area (Å²) >= 11 is 0. The van der Waals surface area contributed by atoms with Crippen molar-refractivity contribution >= 4 is 5.91 Å². The molecule has 1 amide bonds. The first-order valence-electron chi connectivity index (χ1n) is 6.71. The van der Waals surface area contributed by atoms with Crippen molar-refractivity contribution in [1.29, 1.82) is 0 Å². The van der Waals surface area contributed by atoms with Gasteiger partial charge in [0, 0.05) is 20.1 Å². The normalized spacial score (nSPS) is 12.0. The van der Waals surface area contributed by atoms with E-state index in [2.05, 4.69) is 25.2 Å². The summed E-state index contributed by atoms with van der Waals surface area (Å²) in [4.78, 5) is 13.0. The van der Waals surface area contributed by atoms with Crippen LogP contribution in [0, 0.1) is 0 Å². The van der Waals surface area contributed by atoms with E-state index in [0.29, 0.717) is 19.1 Å². The van der Waals surface area contributed by atoms with E-state index in [1.54, 1.807) is 19.0 Å². The molecule has 0 saturated carbocycles. The lowest BCUT2D eigenvalue weighted by Gasteiger charge is -2.15. The second-order valence-electron chi connectivity index (χ2n) is 4.74. The van der Waals surface area contributed by atoms with E-state index in [4.69, 9.17) is 4.74 Å². The highest BCUT2D eigenvalue weighted by Gasteiger charge is 2.06. The molecule has 1 N–H and O–H groups in total. The van der Waals surface area contributed by atoms with Gasteiger partial charge in [-0.25, -0.2) is 0 Å². The maximum atomic E-state index is 11.4. The third kappa shape index (κ3) is 5.30. The van der Waals surface area contributed by atoms with E-state index in [-0.39, 0.29) is 5.91 Å². The predicted octanol–water partition coefficient (Wildman–Crippen LogP) is 2.21. The fourth-order valence-electron chi connectivity index (χ4n) is 1.78. The van der Waals surface area contributed by atoms with Gasteiger partial charge in [-0.2, -0.15) is 0 Å². The number of hydrogen-bond donors (Lipinski definition) is 1. The Hall–Kier alpha value is -1.55. The molecule has 1 aromatic rings. The molecule has 0 fully saturated rings. The second kappa shape index (κ2) is 7.79. The molecule has 1 atom stereocenters. The molecule has 1 rings (SSSR count). The van der Waals surface area contributed by atoms with Crippen LogP contribution in [0.2, 0.25) is 0 Å². The van der Waals surface area contributed by atoms with Crippen molar-refractivity contribution in [3.63, 3.8) is 0 Å². The molecule has 0 saturated heterocycles. The van der Waals surface area contributed by atoms with Crippen LogP contribution in [0.5, 0.6) is 5.75 Å². The topological polar surface area (TPSA) is 41.6 Å². The molecule has 4 nitrogen and oxygen atoms in total. The van der Waals surface area contributed by atoms with Crippen molar-refractivity contribution in [2.24, 2.45) is 0 Å². The number of carbonyl (C=O) groups excluding carboxylic acids is 1. The van der Waals surface area contributed by atoms with Gasteiger partial charge < -0.3 is 15.0 Å². The maximum absolute atomic E-state index is 11.4. The standard InChI is InChI=1S/C15H24N2O2/c1-5-16-12(2)13-7-6-8-14(11-13)19-10-9-15(18)17(3)4/h6-8,11-12,16H,5,9-10H2,1-4H3. The summed E-state index contributed by atoms with van der Waals surface area (Å²) in [7, 11) is 3.50. The van der Waals surface area contributed by atoms with Crippen molar-refractivity contribution < 1.29 is 9.53 Å². The van der Waals surface area contributed by atoms with Gasteiger partial charge >= 0.3 is 0 Å². The number of hydrogen-bond acceptors (Lipinski definition) is 3. The van der Waals surface area contributed by atoms with Crippen molar-refractivity contribution in [2.45, 2.75) is 26.3 Å². The molecule has 0 aliphatic carbocycles. The van der Waals surface area contributed by atoms with Gasteiger partial charge in [0.25, 0.3) is 0 Å². The fraction of sp³-hybridized carbons (Fsp3) is 0.533. The summed E-state index contributed by atoms with van der Waals surface area (Å²) in [6.07, 6.45) is 0.403. The van der Waals surface area contributed by atoms with Crippen molar-refractivity contribution in [1.82, 2.24) is 10.2 Å². The Bertz CT molecular complexity index is 405. The Kier molecular flexibility index (Phi) is 6.36. The second-order valence-corrected chi connectivity index (χ2v) is 4.74. The molecule has 0 aliphatic rings. The smallest absolute Gasteiger partial charge is 0.225 e. The van der Waals surface area contributed by atoms with Gasteiger partial charge in [0.2, 0.25) is 5.91 Å². The van der Waals surface area contributed by atoms with Crippen LogP contribution in [0.4, 0.5) is 0 Å². The summed E-state index contributed by atoms with van der Waals surface area (Å²) in [6, 6.07) is 8.30. The number of ether oxygens (including phenoxy) is 1. The fourth-order valence-corrected chi connectivity index (χ4v) is 1.78. The number of nitrogens with zero attached hydrogens (tertiary/aromatic N) is 1. The minimum absolute atomic E-state index is 0.0807. The first-order chi connectivity index (χ1) is 9.04. The van der Waals surface area contributed by atoms with Gasteiger partial charge in [0.1, 0.15) is 5.75 Å². The first-order valence-corrected chi connectivity index (χ1v) is 6.71. The van der Waals surface area contributed by atoms with Crippen LogP contribution in [-0.4, -0.2) is 38.1 Å². The van der Waals surface area contributed by atoms with Crippen LogP contribution in [0.25, 0.3) is 0 Å². The van der Waals surface area contributed by atoms with E-state index >= 15 is 0 Å². The number of rotatable bonds is 7. The predicted molar refractivity (Wildman–Crippen MR) is 77.3 cm³/mol. The minimum Gasteiger partial charge on any atom is -0.493 e. The Morgan fingerprint density at radius 1 is 1.42 bits per heavy atom. The van der Waals surface area contributed by atoms with Crippen molar-refractivity contribution in [2.75, 3.05) is 27.2 Å². The largest absolute Gasteiger partial charge is 0.493 e. The number of benzene rings is 1. The average Bonchev–Trinajstić information content (AvgIpc) is 2.39. The van der Waals surface area contributed by atoms with Crippen molar-refractivity contribution in [3.05, 3.63) is 29.8 Å². The minimum atomic E-state index is 0.0807. The van der Waals surface area contributed by atoms with Gasteiger partial charge in [-0.3, -0.25) is 4.79 Å². The molecule has 0 aliphatic heterocycles. The third-order valence-electron chi connectivity index (χ3n) is 2.95. The Labute approximate surface area is 115 Å².